The van der Waals surface area contributed by atoms with Crippen LogP contribution in [-0.2, 0) is 36.4 Å². The Balaban J connectivity index is 1.08. The number of amides is 1. The number of alkyl halides is 2. The number of rotatable bonds is 7. The van der Waals surface area contributed by atoms with Crippen molar-refractivity contribution in [2.45, 2.75) is 56.1 Å². The van der Waals surface area contributed by atoms with Crippen LogP contribution in [0.15, 0.2) is 71.6 Å². The van der Waals surface area contributed by atoms with Crippen LogP contribution in [0.5, 0.6) is 0 Å². The highest BCUT2D eigenvalue weighted by Gasteiger charge is 2.27. The van der Waals surface area contributed by atoms with E-state index >= 15 is 0 Å². The average Bonchev–Trinajstić information content (AvgIpc) is 3.35. The van der Waals surface area contributed by atoms with E-state index in [4.69, 9.17) is 11.6 Å². The molecule has 3 heterocycles. The van der Waals surface area contributed by atoms with E-state index in [2.05, 4.69) is 15.2 Å². The number of hydrogen-bond acceptors (Lipinski definition) is 3. The van der Waals surface area contributed by atoms with Crippen LogP contribution in [0.4, 0.5) is 8.78 Å². The first-order valence-corrected chi connectivity index (χ1v) is 15.7. The van der Waals surface area contributed by atoms with Gasteiger partial charge < -0.3 is 10.3 Å². The van der Waals surface area contributed by atoms with E-state index < -0.39 is 16.9 Å². The molecule has 0 aliphatic carbocycles. The van der Waals surface area contributed by atoms with Crippen molar-refractivity contribution in [3.05, 3.63) is 99.7 Å². The van der Waals surface area contributed by atoms with Gasteiger partial charge >= 0.3 is 0 Å². The number of nitrogens with zero attached hydrogens (tertiary/aromatic N) is 2. The Kier molecular flexibility index (Phi) is 8.20. The number of nitrogens with one attached hydrogen (secondary N) is 2. The van der Waals surface area contributed by atoms with E-state index in [1.54, 1.807) is 36.4 Å². The molecule has 0 radical (unpaired) electrons. The molecule has 4 aromatic rings. The lowest BCUT2D eigenvalue weighted by Crippen LogP contribution is -2.45. The lowest BCUT2D eigenvalue weighted by molar-refractivity contribution is 0.0174. The molecule has 1 fully saturated rings. The summed E-state index contributed by atoms with van der Waals surface area (Å²) >= 11 is 5.96. The average molecular weight is 611 g/mol. The molecule has 0 saturated carbocycles. The topological polar surface area (TPSA) is 68.4 Å². The van der Waals surface area contributed by atoms with E-state index in [9.17, 15) is 17.8 Å². The molecule has 6 nitrogen and oxygen atoms in total. The van der Waals surface area contributed by atoms with E-state index in [0.717, 1.165) is 60.6 Å². The molecular formula is C32H33ClF2N4O2S. The molecule has 0 spiro atoms. The molecule has 1 amide bonds. The van der Waals surface area contributed by atoms with E-state index in [1.165, 1.54) is 23.4 Å². The van der Waals surface area contributed by atoms with Crippen molar-refractivity contribution >= 4 is 39.4 Å². The van der Waals surface area contributed by atoms with Gasteiger partial charge in [0.15, 0.2) is 0 Å². The van der Waals surface area contributed by atoms with Crippen LogP contribution in [-0.4, -0.2) is 50.0 Å². The van der Waals surface area contributed by atoms with E-state index in [1.807, 2.05) is 22.5 Å². The summed E-state index contributed by atoms with van der Waals surface area (Å²) in [5, 5.41) is 4.83. The van der Waals surface area contributed by atoms with Crippen molar-refractivity contribution < 1.29 is 17.8 Å². The molecular weight excluding hydrogens is 578 g/mol. The van der Waals surface area contributed by atoms with Crippen LogP contribution >= 0.6 is 11.6 Å². The van der Waals surface area contributed by atoms with Crippen LogP contribution in [0.1, 0.15) is 52.5 Å². The maximum absolute atomic E-state index is 13.6. The number of fused-ring (bicyclic) bond motifs is 3. The minimum Gasteiger partial charge on any atom is -0.358 e. The molecule has 0 bridgehead atoms. The number of halogens is 3. The first-order valence-electron chi connectivity index (χ1n) is 14.2. The van der Waals surface area contributed by atoms with Crippen molar-refractivity contribution in [3.63, 3.8) is 0 Å². The predicted molar refractivity (Wildman–Crippen MR) is 162 cm³/mol. The summed E-state index contributed by atoms with van der Waals surface area (Å²) in [6.07, 6.45) is 2.30. The van der Waals surface area contributed by atoms with Crippen LogP contribution in [0.2, 0.25) is 5.02 Å². The van der Waals surface area contributed by atoms with Crippen molar-refractivity contribution in [2.75, 3.05) is 19.6 Å². The largest absolute Gasteiger partial charge is 0.358 e. The maximum atomic E-state index is 13.6. The molecule has 1 saturated heterocycles. The van der Waals surface area contributed by atoms with Crippen LogP contribution in [0.3, 0.4) is 0 Å². The van der Waals surface area contributed by atoms with Gasteiger partial charge in [-0.25, -0.2) is 17.3 Å². The molecule has 6 rings (SSSR count). The SMILES string of the molecule is CC(F)(F)c1ccc(CN2CCc3[nH]c4ccc(C(=O)NC5CCN(S(=O)c6ccc(Cl)cc6)CC5)cc4c3C2)cc1. The van der Waals surface area contributed by atoms with Crippen LogP contribution in [0.25, 0.3) is 10.9 Å². The van der Waals surface area contributed by atoms with Gasteiger partial charge in [-0.3, -0.25) is 9.69 Å². The second kappa shape index (κ2) is 11.9. The Morgan fingerprint density at radius 3 is 2.45 bits per heavy atom. The first-order chi connectivity index (χ1) is 20.1. The number of carbonyl (C=O) groups excluding carboxylic acids is 1. The monoisotopic (exact) mass is 610 g/mol. The molecule has 1 aromatic heterocycles. The Morgan fingerprint density at radius 2 is 1.76 bits per heavy atom. The number of aromatic amines is 1. The summed E-state index contributed by atoms with van der Waals surface area (Å²) in [4.78, 5) is 19.8. The Hall–Kier alpha value is -3.11. The zero-order valence-electron chi connectivity index (χ0n) is 23.3. The van der Waals surface area contributed by atoms with Gasteiger partial charge in [0.25, 0.3) is 11.8 Å². The normalized spacial score (nSPS) is 17.7. The highest BCUT2D eigenvalue weighted by Crippen LogP contribution is 2.31. The molecule has 1 atom stereocenters. The Labute approximate surface area is 251 Å². The predicted octanol–water partition coefficient (Wildman–Crippen LogP) is 6.41. The Morgan fingerprint density at radius 1 is 1.05 bits per heavy atom. The van der Waals surface area contributed by atoms with E-state index in [-0.39, 0.29) is 17.5 Å². The van der Waals surface area contributed by atoms with Crippen LogP contribution in [0, 0.1) is 0 Å². The minimum atomic E-state index is -2.85. The summed E-state index contributed by atoms with van der Waals surface area (Å²) in [7, 11) is -1.25. The number of carbonyl (C=O) groups is 1. The fraction of sp³-hybridized carbons (Fsp3) is 0.344. The lowest BCUT2D eigenvalue weighted by atomic mass is 10.0. The number of hydrogen-bond donors (Lipinski definition) is 2. The minimum absolute atomic E-state index is 0.0151. The fourth-order valence-corrected chi connectivity index (χ4v) is 7.18. The molecule has 220 valence electrons. The zero-order valence-corrected chi connectivity index (χ0v) is 24.9. The van der Waals surface area contributed by atoms with Gasteiger partial charge in [0, 0.05) is 84.9 Å². The first kappa shape index (κ1) is 29.0. The summed E-state index contributed by atoms with van der Waals surface area (Å²) in [5.41, 5.74) is 5.00. The molecule has 2 aliphatic rings. The van der Waals surface area contributed by atoms with Crippen LogP contribution < -0.4 is 5.32 Å². The molecule has 1 unspecified atom stereocenters. The summed E-state index contributed by atoms with van der Waals surface area (Å²) < 4.78 is 42.1. The quantitative estimate of drug-likeness (QED) is 0.254. The number of H-pyrrole nitrogens is 1. The third-order valence-electron chi connectivity index (χ3n) is 8.22. The van der Waals surface area contributed by atoms with Gasteiger partial charge in [-0.05, 0) is 66.4 Å². The summed E-state index contributed by atoms with van der Waals surface area (Å²) in [5.74, 6) is -2.95. The second-order valence-corrected chi connectivity index (χ2v) is 13.2. The fourth-order valence-electron chi connectivity index (χ4n) is 5.84. The standard InChI is InChI=1S/C32H33ClF2N4O2S/c1-32(34,35)23-5-2-21(3-6-23)19-38-15-14-30-28(20-38)27-18-22(4-11-29(27)37-30)31(40)36-25-12-16-39(17-13-25)42(41)26-9-7-24(33)8-10-26/h2-11,18,25,37H,12-17,19-20H2,1H3,(H,36,40). The molecule has 2 N–H and O–H groups in total. The molecule has 3 aromatic carbocycles. The third kappa shape index (κ3) is 6.29. The maximum Gasteiger partial charge on any atom is 0.270 e. The zero-order chi connectivity index (χ0) is 29.4. The number of benzene rings is 3. The van der Waals surface area contributed by atoms with Crippen molar-refractivity contribution in [1.29, 1.82) is 0 Å². The molecule has 2 aliphatic heterocycles. The van der Waals surface area contributed by atoms with Gasteiger partial charge in [0.05, 0.1) is 4.90 Å². The highest BCUT2D eigenvalue weighted by atomic mass is 35.5. The summed E-state index contributed by atoms with van der Waals surface area (Å²) in [6, 6.07) is 19.4. The molecule has 10 heteroatoms. The van der Waals surface area contributed by atoms with Crippen molar-refractivity contribution in [1.82, 2.24) is 19.5 Å². The second-order valence-electron chi connectivity index (χ2n) is 11.3. The van der Waals surface area contributed by atoms with E-state index in [0.29, 0.717) is 30.2 Å². The third-order valence-corrected chi connectivity index (χ3v) is 9.98. The van der Waals surface area contributed by atoms with Gasteiger partial charge in [-0.15, -0.1) is 0 Å². The van der Waals surface area contributed by atoms with Gasteiger partial charge in [-0.2, -0.15) is 0 Å². The highest BCUT2D eigenvalue weighted by molar-refractivity contribution is 7.82. The van der Waals surface area contributed by atoms with Gasteiger partial charge in [0.1, 0.15) is 11.0 Å². The van der Waals surface area contributed by atoms with Crippen molar-refractivity contribution in [3.8, 4) is 0 Å². The van der Waals surface area contributed by atoms with Gasteiger partial charge in [-0.1, -0.05) is 35.9 Å². The smallest absolute Gasteiger partial charge is 0.270 e. The molecule has 42 heavy (non-hydrogen) atoms. The summed E-state index contributed by atoms with van der Waals surface area (Å²) in [6.45, 7) is 4.42. The number of piperidine rings is 1. The number of aromatic nitrogens is 1. The van der Waals surface area contributed by atoms with Gasteiger partial charge in [0.2, 0.25) is 0 Å². The van der Waals surface area contributed by atoms with Crippen molar-refractivity contribution in [2.24, 2.45) is 0 Å². The Bertz CT molecular complexity index is 1610. The lowest BCUT2D eigenvalue weighted by Gasteiger charge is -2.31.